The Morgan fingerprint density at radius 2 is 2.24 bits per heavy atom. The molecule has 1 heterocycles. The summed E-state index contributed by atoms with van der Waals surface area (Å²) in [5.41, 5.74) is 2.76. The van der Waals surface area contributed by atoms with Crippen molar-refractivity contribution in [2.75, 3.05) is 6.61 Å². The average Bonchev–Trinajstić information content (AvgIpc) is 3.21. The highest BCUT2D eigenvalue weighted by molar-refractivity contribution is 5.62. The summed E-state index contributed by atoms with van der Waals surface area (Å²) < 4.78 is 11.2. The first-order chi connectivity index (χ1) is 10.3. The quantitative estimate of drug-likeness (QED) is 0.845. The number of aliphatic hydroxyl groups excluding tert-OH is 1. The Bertz CT molecular complexity index is 602. The number of rotatable bonds is 7. The minimum Gasteiger partial charge on any atom is -0.493 e. The Morgan fingerprint density at radius 1 is 1.38 bits per heavy atom. The summed E-state index contributed by atoms with van der Waals surface area (Å²) in [4.78, 5) is 4.34. The summed E-state index contributed by atoms with van der Waals surface area (Å²) >= 11 is 0. The van der Waals surface area contributed by atoms with Gasteiger partial charge in [0.05, 0.1) is 18.9 Å². The van der Waals surface area contributed by atoms with Crippen molar-refractivity contribution in [2.24, 2.45) is 5.92 Å². The first kappa shape index (κ1) is 14.1. The van der Waals surface area contributed by atoms with Gasteiger partial charge >= 0.3 is 0 Å². The van der Waals surface area contributed by atoms with E-state index in [4.69, 9.17) is 9.15 Å². The monoisotopic (exact) mass is 287 g/mol. The van der Waals surface area contributed by atoms with E-state index in [0.29, 0.717) is 6.61 Å². The molecule has 1 aliphatic rings. The molecule has 2 aromatic rings. The van der Waals surface area contributed by atoms with Crippen LogP contribution in [0.4, 0.5) is 0 Å². The lowest BCUT2D eigenvalue weighted by Gasteiger charge is -2.11. The van der Waals surface area contributed by atoms with Crippen LogP contribution in [0.25, 0.3) is 11.3 Å². The largest absolute Gasteiger partial charge is 0.493 e. The normalized spacial score (nSPS) is 14.4. The first-order valence-electron chi connectivity index (χ1n) is 7.61. The third kappa shape index (κ3) is 3.27. The standard InChI is InChI=1S/C17H21NO3/c1-2-7-20-16-6-5-13(9-14(16)10-19)17-15(18-11-21-17)8-12-3-4-12/h5-6,9,11-12,19H,2-4,7-8,10H2,1H3. The van der Waals surface area contributed by atoms with Gasteiger partial charge < -0.3 is 14.3 Å². The Balaban J connectivity index is 1.86. The van der Waals surface area contributed by atoms with Crippen molar-refractivity contribution in [2.45, 2.75) is 39.2 Å². The second kappa shape index (κ2) is 6.31. The van der Waals surface area contributed by atoms with E-state index in [0.717, 1.165) is 47.1 Å². The molecular weight excluding hydrogens is 266 g/mol. The van der Waals surface area contributed by atoms with E-state index >= 15 is 0 Å². The highest BCUT2D eigenvalue weighted by Crippen LogP contribution is 2.36. The molecule has 0 aliphatic heterocycles. The molecule has 1 fully saturated rings. The summed E-state index contributed by atoms with van der Waals surface area (Å²) in [6.45, 7) is 2.67. The van der Waals surface area contributed by atoms with Crippen molar-refractivity contribution in [1.82, 2.24) is 4.98 Å². The molecule has 0 unspecified atom stereocenters. The van der Waals surface area contributed by atoms with Gasteiger partial charge in [-0.1, -0.05) is 6.92 Å². The highest BCUT2D eigenvalue weighted by Gasteiger charge is 2.25. The Morgan fingerprint density at radius 3 is 2.95 bits per heavy atom. The molecule has 0 radical (unpaired) electrons. The fourth-order valence-electron chi connectivity index (χ4n) is 2.44. The van der Waals surface area contributed by atoms with Gasteiger partial charge in [0, 0.05) is 11.1 Å². The maximum atomic E-state index is 9.54. The lowest BCUT2D eigenvalue weighted by molar-refractivity contribution is 0.263. The van der Waals surface area contributed by atoms with Crippen molar-refractivity contribution in [3.05, 3.63) is 35.9 Å². The third-order valence-electron chi connectivity index (χ3n) is 3.77. The first-order valence-corrected chi connectivity index (χ1v) is 7.61. The third-order valence-corrected chi connectivity index (χ3v) is 3.77. The Labute approximate surface area is 124 Å². The number of benzene rings is 1. The van der Waals surface area contributed by atoms with Crippen LogP contribution in [0.5, 0.6) is 5.75 Å². The predicted molar refractivity (Wildman–Crippen MR) is 80.1 cm³/mol. The molecule has 1 aliphatic carbocycles. The Hall–Kier alpha value is -1.81. The SMILES string of the molecule is CCCOc1ccc(-c2ocnc2CC2CC2)cc1CO. The summed E-state index contributed by atoms with van der Waals surface area (Å²) in [5.74, 6) is 2.32. The van der Waals surface area contributed by atoms with Crippen molar-refractivity contribution in [3.63, 3.8) is 0 Å². The Kier molecular flexibility index (Phi) is 4.25. The number of hydrogen-bond acceptors (Lipinski definition) is 4. The maximum absolute atomic E-state index is 9.54. The van der Waals surface area contributed by atoms with Crippen LogP contribution in [-0.4, -0.2) is 16.7 Å². The molecule has 1 saturated carbocycles. The van der Waals surface area contributed by atoms with Gasteiger partial charge in [0.2, 0.25) is 0 Å². The van der Waals surface area contributed by atoms with E-state index in [-0.39, 0.29) is 6.61 Å². The van der Waals surface area contributed by atoms with E-state index in [1.807, 2.05) is 18.2 Å². The van der Waals surface area contributed by atoms with Gasteiger partial charge in [-0.15, -0.1) is 0 Å². The number of hydrogen-bond donors (Lipinski definition) is 1. The van der Waals surface area contributed by atoms with E-state index in [1.165, 1.54) is 19.2 Å². The molecule has 0 saturated heterocycles. The van der Waals surface area contributed by atoms with Crippen LogP contribution in [0.1, 0.15) is 37.4 Å². The molecule has 21 heavy (non-hydrogen) atoms. The van der Waals surface area contributed by atoms with Crippen LogP contribution in [0.3, 0.4) is 0 Å². The van der Waals surface area contributed by atoms with Crippen LogP contribution >= 0.6 is 0 Å². The average molecular weight is 287 g/mol. The molecule has 1 aromatic carbocycles. The van der Waals surface area contributed by atoms with E-state index in [2.05, 4.69) is 11.9 Å². The minimum atomic E-state index is -0.0427. The second-order valence-electron chi connectivity index (χ2n) is 5.60. The van der Waals surface area contributed by atoms with Crippen LogP contribution < -0.4 is 4.74 Å². The fraction of sp³-hybridized carbons (Fsp3) is 0.471. The number of nitrogens with zero attached hydrogens (tertiary/aromatic N) is 1. The van der Waals surface area contributed by atoms with Crippen molar-refractivity contribution in [1.29, 1.82) is 0 Å². The van der Waals surface area contributed by atoms with Gasteiger partial charge in [-0.05, 0) is 49.8 Å². The van der Waals surface area contributed by atoms with Gasteiger partial charge in [-0.2, -0.15) is 0 Å². The van der Waals surface area contributed by atoms with Crippen LogP contribution in [0, 0.1) is 5.92 Å². The van der Waals surface area contributed by atoms with Crippen molar-refractivity contribution < 1.29 is 14.3 Å². The number of ether oxygens (including phenoxy) is 1. The molecule has 3 rings (SSSR count). The van der Waals surface area contributed by atoms with E-state index in [9.17, 15) is 5.11 Å². The lowest BCUT2D eigenvalue weighted by atomic mass is 10.0. The van der Waals surface area contributed by atoms with Gasteiger partial charge in [-0.25, -0.2) is 4.98 Å². The maximum Gasteiger partial charge on any atom is 0.181 e. The molecule has 1 aromatic heterocycles. The lowest BCUT2D eigenvalue weighted by Crippen LogP contribution is -1.99. The summed E-state index contributed by atoms with van der Waals surface area (Å²) in [6.07, 6.45) is 6.01. The summed E-state index contributed by atoms with van der Waals surface area (Å²) in [6, 6.07) is 5.81. The van der Waals surface area contributed by atoms with Gasteiger partial charge in [0.1, 0.15) is 5.75 Å². The van der Waals surface area contributed by atoms with Crippen molar-refractivity contribution in [3.8, 4) is 17.1 Å². The summed E-state index contributed by atoms with van der Waals surface area (Å²) in [5, 5.41) is 9.54. The predicted octanol–water partition coefficient (Wildman–Crippen LogP) is 3.58. The second-order valence-corrected chi connectivity index (χ2v) is 5.60. The zero-order chi connectivity index (χ0) is 14.7. The molecule has 0 amide bonds. The minimum absolute atomic E-state index is 0.0427. The van der Waals surface area contributed by atoms with Crippen LogP contribution in [0.2, 0.25) is 0 Å². The topological polar surface area (TPSA) is 55.5 Å². The number of oxazole rings is 1. The van der Waals surface area contributed by atoms with Crippen LogP contribution in [-0.2, 0) is 13.0 Å². The van der Waals surface area contributed by atoms with Gasteiger partial charge in [0.25, 0.3) is 0 Å². The molecule has 1 N–H and O–H groups in total. The van der Waals surface area contributed by atoms with Gasteiger partial charge in [-0.3, -0.25) is 0 Å². The molecule has 4 nitrogen and oxygen atoms in total. The summed E-state index contributed by atoms with van der Waals surface area (Å²) in [7, 11) is 0. The van der Waals surface area contributed by atoms with Gasteiger partial charge in [0.15, 0.2) is 12.2 Å². The van der Waals surface area contributed by atoms with E-state index < -0.39 is 0 Å². The zero-order valence-corrected chi connectivity index (χ0v) is 12.3. The molecule has 0 spiro atoms. The molecule has 0 bridgehead atoms. The number of aliphatic hydroxyl groups is 1. The van der Waals surface area contributed by atoms with Crippen molar-refractivity contribution >= 4 is 0 Å². The molecular formula is C17H21NO3. The fourth-order valence-corrected chi connectivity index (χ4v) is 2.44. The number of aromatic nitrogens is 1. The highest BCUT2D eigenvalue weighted by atomic mass is 16.5. The molecule has 4 heteroatoms. The molecule has 0 atom stereocenters. The van der Waals surface area contributed by atoms with Crippen LogP contribution in [0.15, 0.2) is 29.0 Å². The smallest absolute Gasteiger partial charge is 0.181 e. The molecule has 112 valence electrons. The van der Waals surface area contributed by atoms with E-state index in [1.54, 1.807) is 0 Å². The zero-order valence-electron chi connectivity index (χ0n) is 12.3.